The molecule has 0 fully saturated rings. The number of hydrogen-bond acceptors (Lipinski definition) is 3. The van der Waals surface area contributed by atoms with E-state index in [-0.39, 0.29) is 18.7 Å². The van der Waals surface area contributed by atoms with E-state index in [2.05, 4.69) is 0 Å². The lowest BCUT2D eigenvalue weighted by atomic mass is 10.2. The van der Waals surface area contributed by atoms with Crippen molar-refractivity contribution in [1.82, 2.24) is 4.90 Å². The smallest absolute Gasteiger partial charge is 0.303 e. The molecule has 0 saturated heterocycles. The molecule has 0 aromatic heterocycles. The molecular formula is C14H19NO4. The molecule has 1 aromatic carbocycles. The highest BCUT2D eigenvalue weighted by Gasteiger charge is 2.13. The van der Waals surface area contributed by atoms with Crippen LogP contribution in [0.1, 0.15) is 25.3 Å². The SMILES string of the molecule is CCOc1ccccc1CN(C)C(=O)CCC(=O)O. The molecule has 0 aliphatic carbocycles. The number of aliphatic carboxylic acids is 1. The van der Waals surface area contributed by atoms with Crippen LogP contribution in [0.25, 0.3) is 0 Å². The van der Waals surface area contributed by atoms with E-state index in [0.29, 0.717) is 13.2 Å². The molecule has 0 aliphatic heterocycles. The molecule has 0 unspecified atom stereocenters. The van der Waals surface area contributed by atoms with Gasteiger partial charge in [0.15, 0.2) is 0 Å². The second-order valence-electron chi connectivity index (χ2n) is 4.18. The highest BCUT2D eigenvalue weighted by atomic mass is 16.5. The van der Waals surface area contributed by atoms with Gasteiger partial charge in [-0.05, 0) is 13.0 Å². The highest BCUT2D eigenvalue weighted by molar-refractivity contribution is 5.80. The Hall–Kier alpha value is -2.04. The highest BCUT2D eigenvalue weighted by Crippen LogP contribution is 2.19. The van der Waals surface area contributed by atoms with Crippen LogP contribution in [-0.2, 0) is 16.1 Å². The molecule has 0 heterocycles. The summed E-state index contributed by atoms with van der Waals surface area (Å²) in [5.74, 6) is -0.395. The maximum atomic E-state index is 11.7. The largest absolute Gasteiger partial charge is 0.494 e. The number of para-hydroxylation sites is 1. The van der Waals surface area contributed by atoms with Crippen LogP contribution in [0.2, 0.25) is 0 Å². The predicted octanol–water partition coefficient (Wildman–Crippen LogP) is 1.91. The molecule has 0 radical (unpaired) electrons. The summed E-state index contributed by atoms with van der Waals surface area (Å²) in [7, 11) is 1.66. The van der Waals surface area contributed by atoms with Gasteiger partial charge in [-0.2, -0.15) is 0 Å². The molecule has 5 heteroatoms. The van der Waals surface area contributed by atoms with Crippen molar-refractivity contribution in [1.29, 1.82) is 0 Å². The van der Waals surface area contributed by atoms with E-state index in [9.17, 15) is 9.59 Å². The Balaban J connectivity index is 2.63. The van der Waals surface area contributed by atoms with Crippen molar-refractivity contribution in [2.45, 2.75) is 26.3 Å². The van der Waals surface area contributed by atoms with Crippen LogP contribution in [0.3, 0.4) is 0 Å². The van der Waals surface area contributed by atoms with E-state index in [1.54, 1.807) is 7.05 Å². The number of amides is 1. The monoisotopic (exact) mass is 265 g/mol. The standard InChI is InChI=1S/C14H19NO4/c1-3-19-12-7-5-4-6-11(12)10-15(2)13(16)8-9-14(17)18/h4-7H,3,8-10H2,1-2H3,(H,17,18). The molecule has 1 aromatic rings. The number of rotatable bonds is 7. The Bertz CT molecular complexity index is 445. The zero-order chi connectivity index (χ0) is 14.3. The summed E-state index contributed by atoms with van der Waals surface area (Å²) >= 11 is 0. The van der Waals surface area contributed by atoms with Gasteiger partial charge in [-0.1, -0.05) is 18.2 Å². The molecule has 0 atom stereocenters. The molecule has 19 heavy (non-hydrogen) atoms. The Morgan fingerprint density at radius 1 is 1.26 bits per heavy atom. The van der Waals surface area contributed by atoms with E-state index < -0.39 is 5.97 Å². The second-order valence-corrected chi connectivity index (χ2v) is 4.18. The number of carbonyl (C=O) groups excluding carboxylic acids is 1. The molecule has 0 aliphatic rings. The molecular weight excluding hydrogens is 246 g/mol. The van der Waals surface area contributed by atoms with Crippen molar-refractivity contribution in [3.8, 4) is 5.75 Å². The fourth-order valence-corrected chi connectivity index (χ4v) is 1.68. The van der Waals surface area contributed by atoms with Crippen molar-refractivity contribution in [3.63, 3.8) is 0 Å². The van der Waals surface area contributed by atoms with Gasteiger partial charge in [0, 0.05) is 25.6 Å². The lowest BCUT2D eigenvalue weighted by molar-refractivity contribution is -0.140. The average Bonchev–Trinajstić information content (AvgIpc) is 2.38. The number of nitrogens with zero attached hydrogens (tertiary/aromatic N) is 1. The van der Waals surface area contributed by atoms with Gasteiger partial charge in [-0.15, -0.1) is 0 Å². The summed E-state index contributed by atoms with van der Waals surface area (Å²) in [5, 5.41) is 8.56. The van der Waals surface area contributed by atoms with Gasteiger partial charge in [0.25, 0.3) is 0 Å². The van der Waals surface area contributed by atoms with Crippen LogP contribution in [0.4, 0.5) is 0 Å². The second kappa shape index (κ2) is 7.41. The lowest BCUT2D eigenvalue weighted by Crippen LogP contribution is -2.26. The van der Waals surface area contributed by atoms with Crippen molar-refractivity contribution in [3.05, 3.63) is 29.8 Å². The van der Waals surface area contributed by atoms with Crippen LogP contribution < -0.4 is 4.74 Å². The fraction of sp³-hybridized carbons (Fsp3) is 0.429. The summed E-state index contributed by atoms with van der Waals surface area (Å²) in [6, 6.07) is 7.51. The molecule has 1 amide bonds. The van der Waals surface area contributed by atoms with Crippen molar-refractivity contribution in [2.24, 2.45) is 0 Å². The van der Waals surface area contributed by atoms with Crippen LogP contribution in [0, 0.1) is 0 Å². The number of carboxylic acid groups (broad SMARTS) is 1. The molecule has 5 nitrogen and oxygen atoms in total. The minimum absolute atomic E-state index is 0.0165. The average molecular weight is 265 g/mol. The van der Waals surface area contributed by atoms with Crippen LogP contribution in [-0.4, -0.2) is 35.5 Å². The summed E-state index contributed by atoms with van der Waals surface area (Å²) < 4.78 is 5.48. The third-order valence-corrected chi connectivity index (χ3v) is 2.66. The van der Waals surface area contributed by atoms with Crippen LogP contribution >= 0.6 is 0 Å². The first-order chi connectivity index (χ1) is 9.04. The molecule has 1 rings (SSSR count). The van der Waals surface area contributed by atoms with E-state index in [1.807, 2.05) is 31.2 Å². The minimum atomic E-state index is -0.962. The van der Waals surface area contributed by atoms with Gasteiger partial charge >= 0.3 is 5.97 Å². The number of carbonyl (C=O) groups is 2. The van der Waals surface area contributed by atoms with Crippen LogP contribution in [0.15, 0.2) is 24.3 Å². The molecule has 0 saturated carbocycles. The Morgan fingerprint density at radius 2 is 1.95 bits per heavy atom. The zero-order valence-electron chi connectivity index (χ0n) is 11.3. The van der Waals surface area contributed by atoms with E-state index >= 15 is 0 Å². The number of hydrogen-bond donors (Lipinski definition) is 1. The predicted molar refractivity (Wildman–Crippen MR) is 71.0 cm³/mol. The van der Waals surface area contributed by atoms with Gasteiger partial charge < -0.3 is 14.7 Å². The summed E-state index contributed by atoms with van der Waals surface area (Å²) in [5.41, 5.74) is 0.913. The van der Waals surface area contributed by atoms with E-state index in [1.165, 1.54) is 4.90 Å². The third kappa shape index (κ3) is 4.99. The molecule has 1 N–H and O–H groups in total. The quantitative estimate of drug-likeness (QED) is 0.817. The normalized spacial score (nSPS) is 10.0. The van der Waals surface area contributed by atoms with Gasteiger partial charge in [0.2, 0.25) is 5.91 Å². The zero-order valence-corrected chi connectivity index (χ0v) is 11.3. The van der Waals surface area contributed by atoms with Crippen LogP contribution in [0.5, 0.6) is 5.75 Å². The third-order valence-electron chi connectivity index (χ3n) is 2.66. The first-order valence-corrected chi connectivity index (χ1v) is 6.21. The van der Waals surface area contributed by atoms with Crippen molar-refractivity contribution >= 4 is 11.9 Å². The van der Waals surface area contributed by atoms with E-state index in [4.69, 9.17) is 9.84 Å². The first kappa shape index (κ1) is 15.0. The summed E-state index contributed by atoms with van der Waals surface area (Å²) in [4.78, 5) is 23.7. The number of ether oxygens (including phenoxy) is 1. The molecule has 104 valence electrons. The van der Waals surface area contributed by atoms with Gasteiger partial charge in [0.05, 0.1) is 13.0 Å². The topological polar surface area (TPSA) is 66.8 Å². The Morgan fingerprint density at radius 3 is 2.58 bits per heavy atom. The fourth-order valence-electron chi connectivity index (χ4n) is 1.68. The number of carboxylic acids is 1. The maximum absolute atomic E-state index is 11.7. The van der Waals surface area contributed by atoms with E-state index in [0.717, 1.165) is 11.3 Å². The van der Waals surface area contributed by atoms with Gasteiger partial charge in [0.1, 0.15) is 5.75 Å². The van der Waals surface area contributed by atoms with Gasteiger partial charge in [-0.3, -0.25) is 9.59 Å². The maximum Gasteiger partial charge on any atom is 0.303 e. The minimum Gasteiger partial charge on any atom is -0.494 e. The molecule has 0 spiro atoms. The molecule has 0 bridgehead atoms. The van der Waals surface area contributed by atoms with Crippen molar-refractivity contribution < 1.29 is 19.4 Å². The van der Waals surface area contributed by atoms with Crippen molar-refractivity contribution in [2.75, 3.05) is 13.7 Å². The summed E-state index contributed by atoms with van der Waals surface area (Å²) in [6.45, 7) is 2.88. The first-order valence-electron chi connectivity index (χ1n) is 6.21. The summed E-state index contributed by atoms with van der Waals surface area (Å²) in [6.07, 6.45) is -0.126. The van der Waals surface area contributed by atoms with Gasteiger partial charge in [-0.25, -0.2) is 0 Å². The Kier molecular flexibility index (Phi) is 5.85. The lowest BCUT2D eigenvalue weighted by Gasteiger charge is -2.19. The number of benzene rings is 1. The Labute approximate surface area is 112 Å².